The number of nitrogens with one attached hydrogen (secondary N) is 1. The molecule has 1 N–H and O–H groups in total. The molecule has 0 bridgehead atoms. The Kier molecular flexibility index (Phi) is 6.36. The van der Waals surface area contributed by atoms with Gasteiger partial charge in [-0.2, -0.15) is 4.98 Å². The van der Waals surface area contributed by atoms with Crippen molar-refractivity contribution in [2.24, 2.45) is 0 Å². The first kappa shape index (κ1) is 21.4. The summed E-state index contributed by atoms with van der Waals surface area (Å²) in [5.74, 6) is 1.19. The second kappa shape index (κ2) is 9.52. The van der Waals surface area contributed by atoms with Gasteiger partial charge in [0.15, 0.2) is 0 Å². The Morgan fingerprint density at radius 3 is 2.81 bits per heavy atom. The number of pyridine rings is 1. The van der Waals surface area contributed by atoms with Gasteiger partial charge < -0.3 is 14.6 Å². The highest BCUT2D eigenvalue weighted by molar-refractivity contribution is 5.94. The van der Waals surface area contributed by atoms with Gasteiger partial charge in [0.2, 0.25) is 17.6 Å². The third-order valence-electron chi connectivity index (χ3n) is 5.32. The molecule has 32 heavy (non-hydrogen) atoms. The number of nitro groups is 1. The fourth-order valence-electron chi connectivity index (χ4n) is 3.63. The maximum atomic E-state index is 12.5. The van der Waals surface area contributed by atoms with Crippen LogP contribution in [0.4, 0.5) is 11.4 Å². The molecule has 11 heteroatoms. The highest BCUT2D eigenvalue weighted by atomic mass is 16.6. The predicted molar refractivity (Wildman–Crippen MR) is 114 cm³/mol. The summed E-state index contributed by atoms with van der Waals surface area (Å²) in [6.07, 6.45) is 3.20. The van der Waals surface area contributed by atoms with Gasteiger partial charge in [0, 0.05) is 12.1 Å². The number of methoxy groups -OCH3 is 1. The van der Waals surface area contributed by atoms with Crippen molar-refractivity contribution in [3.63, 3.8) is 0 Å². The summed E-state index contributed by atoms with van der Waals surface area (Å²) in [5, 5.41) is 17.9. The first-order valence-corrected chi connectivity index (χ1v) is 10.1. The van der Waals surface area contributed by atoms with Crippen LogP contribution in [0, 0.1) is 10.1 Å². The van der Waals surface area contributed by atoms with Crippen molar-refractivity contribution in [2.75, 3.05) is 32.1 Å². The van der Waals surface area contributed by atoms with Gasteiger partial charge in [-0.05, 0) is 50.2 Å². The van der Waals surface area contributed by atoms with Gasteiger partial charge >= 0.3 is 0 Å². The van der Waals surface area contributed by atoms with Crippen LogP contribution in [0.25, 0.3) is 11.5 Å². The molecule has 0 aliphatic carbocycles. The van der Waals surface area contributed by atoms with Gasteiger partial charge in [0.1, 0.15) is 17.1 Å². The van der Waals surface area contributed by atoms with E-state index in [9.17, 15) is 14.9 Å². The molecule has 1 amide bonds. The summed E-state index contributed by atoms with van der Waals surface area (Å²) >= 11 is 0. The number of carbonyl (C=O) groups excluding carboxylic acids is 1. The first-order chi connectivity index (χ1) is 15.5. The van der Waals surface area contributed by atoms with Crippen LogP contribution in [0.3, 0.4) is 0 Å². The van der Waals surface area contributed by atoms with Gasteiger partial charge in [-0.15, -0.1) is 0 Å². The molecule has 3 aromatic rings. The summed E-state index contributed by atoms with van der Waals surface area (Å²) < 4.78 is 10.4. The fraction of sp³-hybridized carbons (Fsp3) is 0.333. The minimum Gasteiger partial charge on any atom is -0.496 e. The van der Waals surface area contributed by atoms with Crippen LogP contribution < -0.4 is 10.1 Å². The third-order valence-corrected chi connectivity index (χ3v) is 5.32. The second-order valence-corrected chi connectivity index (χ2v) is 7.41. The molecule has 1 aromatic carbocycles. The molecule has 0 spiro atoms. The Bertz CT molecular complexity index is 1100. The van der Waals surface area contributed by atoms with Crippen molar-refractivity contribution in [2.45, 2.75) is 18.8 Å². The Hall–Kier alpha value is -3.86. The number of ether oxygens (including phenoxy) is 1. The Morgan fingerprint density at radius 2 is 2.12 bits per heavy atom. The maximum Gasteiger partial charge on any atom is 0.296 e. The van der Waals surface area contributed by atoms with Gasteiger partial charge in [-0.25, -0.2) is 0 Å². The number of aromatic nitrogens is 3. The molecule has 3 heterocycles. The molecule has 1 aliphatic heterocycles. The lowest BCUT2D eigenvalue weighted by Crippen LogP contribution is -2.38. The van der Waals surface area contributed by atoms with E-state index in [-0.39, 0.29) is 29.7 Å². The number of piperidine rings is 1. The summed E-state index contributed by atoms with van der Waals surface area (Å²) in [6.45, 7) is 1.48. The van der Waals surface area contributed by atoms with Gasteiger partial charge in [0.25, 0.3) is 5.69 Å². The average Bonchev–Trinajstić information content (AvgIpc) is 3.30. The van der Waals surface area contributed by atoms with Crippen LogP contribution >= 0.6 is 0 Å². The molecule has 4 rings (SSSR count). The number of carbonyl (C=O) groups is 1. The molecule has 0 radical (unpaired) electrons. The van der Waals surface area contributed by atoms with Crippen molar-refractivity contribution >= 4 is 17.3 Å². The number of amides is 1. The van der Waals surface area contributed by atoms with E-state index in [1.165, 1.54) is 19.2 Å². The Balaban J connectivity index is 1.31. The van der Waals surface area contributed by atoms with E-state index in [1.807, 2.05) is 23.1 Å². The molecule has 0 unspecified atom stereocenters. The number of nitrogens with zero attached hydrogens (tertiary/aromatic N) is 5. The first-order valence-electron chi connectivity index (χ1n) is 10.1. The van der Waals surface area contributed by atoms with E-state index >= 15 is 0 Å². The van der Waals surface area contributed by atoms with Crippen LogP contribution in [0.2, 0.25) is 0 Å². The zero-order valence-corrected chi connectivity index (χ0v) is 17.4. The minimum atomic E-state index is -0.548. The summed E-state index contributed by atoms with van der Waals surface area (Å²) in [4.78, 5) is 33.9. The van der Waals surface area contributed by atoms with E-state index in [4.69, 9.17) is 9.26 Å². The lowest BCUT2D eigenvalue weighted by atomic mass is 9.97. The lowest BCUT2D eigenvalue weighted by molar-refractivity contribution is -0.384. The van der Waals surface area contributed by atoms with E-state index in [0.717, 1.165) is 12.8 Å². The highest BCUT2D eigenvalue weighted by Gasteiger charge is 2.27. The van der Waals surface area contributed by atoms with Crippen LogP contribution in [-0.4, -0.2) is 57.6 Å². The molecule has 2 aromatic heterocycles. The number of hydrogen-bond acceptors (Lipinski definition) is 9. The number of hydrogen-bond donors (Lipinski definition) is 1. The number of anilines is 1. The number of likely N-dealkylation sites (tertiary alicyclic amines) is 1. The summed E-state index contributed by atoms with van der Waals surface area (Å²) in [6, 6.07) is 9.83. The van der Waals surface area contributed by atoms with E-state index in [1.54, 1.807) is 12.3 Å². The largest absolute Gasteiger partial charge is 0.496 e. The quantitative estimate of drug-likeness (QED) is 0.436. The SMILES string of the molecule is COc1ccc(NC(=O)CN2CCC(c3nc(-c4ccccn4)no3)CC2)c([N+](=O)[O-])c1. The molecule has 1 fully saturated rings. The number of rotatable bonds is 7. The maximum absolute atomic E-state index is 12.5. The predicted octanol–water partition coefficient (Wildman–Crippen LogP) is 2.87. The zero-order valence-electron chi connectivity index (χ0n) is 17.4. The Labute approximate surface area is 183 Å². The molecule has 0 atom stereocenters. The summed E-state index contributed by atoms with van der Waals surface area (Å²) in [5.41, 5.74) is 0.587. The van der Waals surface area contributed by atoms with Crippen molar-refractivity contribution < 1.29 is 19.0 Å². The highest BCUT2D eigenvalue weighted by Crippen LogP contribution is 2.30. The van der Waals surface area contributed by atoms with E-state index in [0.29, 0.717) is 36.2 Å². The number of nitro benzene ring substituents is 1. The normalized spacial score (nSPS) is 14.8. The molecule has 1 saturated heterocycles. The van der Waals surface area contributed by atoms with Crippen LogP contribution in [0.5, 0.6) is 5.75 Å². The molecule has 1 aliphatic rings. The lowest BCUT2D eigenvalue weighted by Gasteiger charge is -2.29. The average molecular weight is 438 g/mol. The Morgan fingerprint density at radius 1 is 1.31 bits per heavy atom. The molecular formula is C21H22N6O5. The number of benzene rings is 1. The fourth-order valence-corrected chi connectivity index (χ4v) is 3.63. The smallest absolute Gasteiger partial charge is 0.296 e. The monoisotopic (exact) mass is 438 g/mol. The third kappa shape index (κ3) is 4.89. The topological polar surface area (TPSA) is 137 Å². The molecule has 0 saturated carbocycles. The minimum absolute atomic E-state index is 0.113. The standard InChI is InChI=1S/C21H22N6O5/c1-31-15-5-6-16(18(12-15)27(29)30)23-19(28)13-26-10-7-14(8-11-26)21-24-20(25-32-21)17-4-2-3-9-22-17/h2-6,9,12,14H,7-8,10-11,13H2,1H3,(H,23,28). The van der Waals surface area contributed by atoms with Crippen molar-refractivity contribution in [3.05, 3.63) is 58.6 Å². The molecule has 11 nitrogen and oxygen atoms in total. The van der Waals surface area contributed by atoms with Crippen LogP contribution in [-0.2, 0) is 4.79 Å². The molecular weight excluding hydrogens is 416 g/mol. The van der Waals surface area contributed by atoms with Crippen LogP contribution in [0.15, 0.2) is 47.1 Å². The van der Waals surface area contributed by atoms with Gasteiger partial charge in [0.05, 0.1) is 24.6 Å². The van der Waals surface area contributed by atoms with E-state index in [2.05, 4.69) is 20.4 Å². The summed E-state index contributed by atoms with van der Waals surface area (Å²) in [7, 11) is 1.43. The zero-order chi connectivity index (χ0) is 22.5. The van der Waals surface area contributed by atoms with Crippen molar-refractivity contribution in [1.82, 2.24) is 20.0 Å². The van der Waals surface area contributed by atoms with Crippen molar-refractivity contribution in [1.29, 1.82) is 0 Å². The van der Waals surface area contributed by atoms with Crippen LogP contribution in [0.1, 0.15) is 24.7 Å². The molecule has 166 valence electrons. The van der Waals surface area contributed by atoms with Gasteiger partial charge in [-0.3, -0.25) is 24.8 Å². The second-order valence-electron chi connectivity index (χ2n) is 7.41. The van der Waals surface area contributed by atoms with E-state index < -0.39 is 4.92 Å². The van der Waals surface area contributed by atoms with Gasteiger partial charge in [-0.1, -0.05) is 11.2 Å². The van der Waals surface area contributed by atoms with Crippen molar-refractivity contribution in [3.8, 4) is 17.3 Å².